The van der Waals surface area contributed by atoms with Gasteiger partial charge in [0.25, 0.3) is 5.91 Å². The van der Waals surface area contributed by atoms with E-state index < -0.39 is 0 Å². The Morgan fingerprint density at radius 2 is 2.00 bits per heavy atom. The van der Waals surface area contributed by atoms with Crippen molar-refractivity contribution in [2.24, 2.45) is 0 Å². The number of hydrogen-bond donors (Lipinski definition) is 1. The van der Waals surface area contributed by atoms with Gasteiger partial charge in [0.15, 0.2) is 0 Å². The number of rotatable bonds is 1. The van der Waals surface area contributed by atoms with Gasteiger partial charge in [0.05, 0.1) is 5.56 Å². The minimum absolute atomic E-state index is 0.0862. The summed E-state index contributed by atoms with van der Waals surface area (Å²) in [6.45, 7) is 3.67. The zero-order valence-corrected chi connectivity index (χ0v) is 8.99. The molecule has 0 saturated carbocycles. The highest BCUT2D eigenvalue weighted by Crippen LogP contribution is 2.20. The Bertz CT molecular complexity index is 361. The molecule has 2 N–H and O–H groups in total. The smallest absolute Gasteiger partial charge is 0.256 e. The fourth-order valence-electron chi connectivity index (χ4n) is 2.06. The van der Waals surface area contributed by atoms with E-state index in [1.165, 1.54) is 0 Å². The van der Waals surface area contributed by atoms with Gasteiger partial charge < -0.3 is 10.6 Å². The van der Waals surface area contributed by atoms with Crippen LogP contribution in [0.3, 0.4) is 0 Å². The Morgan fingerprint density at radius 3 is 2.60 bits per heavy atom. The van der Waals surface area contributed by atoms with Crippen LogP contribution in [-0.4, -0.2) is 23.9 Å². The van der Waals surface area contributed by atoms with Crippen LogP contribution in [0.2, 0.25) is 0 Å². The molecule has 15 heavy (non-hydrogen) atoms. The summed E-state index contributed by atoms with van der Waals surface area (Å²) >= 11 is 0. The second-order valence-corrected chi connectivity index (χ2v) is 4.04. The molecule has 1 amide bonds. The monoisotopic (exact) mass is 204 g/mol. The number of anilines is 1. The lowest BCUT2D eigenvalue weighted by Gasteiger charge is -2.17. The summed E-state index contributed by atoms with van der Waals surface area (Å²) in [6.07, 6.45) is 2.22. The van der Waals surface area contributed by atoms with Gasteiger partial charge in [0.2, 0.25) is 0 Å². The lowest BCUT2D eigenvalue weighted by atomic mass is 10.1. The topological polar surface area (TPSA) is 46.3 Å². The molecule has 1 aromatic rings. The molecule has 1 aromatic carbocycles. The zero-order valence-electron chi connectivity index (χ0n) is 8.99. The van der Waals surface area contributed by atoms with Crippen LogP contribution in [0.1, 0.15) is 28.8 Å². The number of nitrogen functional groups attached to an aromatic ring is 1. The van der Waals surface area contributed by atoms with Crippen molar-refractivity contribution in [3.05, 3.63) is 29.3 Å². The van der Waals surface area contributed by atoms with Crippen LogP contribution in [0.4, 0.5) is 5.69 Å². The number of nitrogens with zero attached hydrogens (tertiary/aromatic N) is 1. The predicted octanol–water partition coefficient (Wildman–Crippen LogP) is 1.81. The average Bonchev–Trinajstić information content (AvgIpc) is 2.69. The van der Waals surface area contributed by atoms with Crippen molar-refractivity contribution in [1.29, 1.82) is 0 Å². The minimum atomic E-state index is 0.0862. The van der Waals surface area contributed by atoms with Gasteiger partial charge >= 0.3 is 0 Å². The normalized spacial score (nSPS) is 15.7. The van der Waals surface area contributed by atoms with Crippen LogP contribution in [0.5, 0.6) is 0 Å². The maximum atomic E-state index is 12.1. The fraction of sp³-hybridized carbons (Fsp3) is 0.417. The van der Waals surface area contributed by atoms with Gasteiger partial charge in [-0.3, -0.25) is 4.79 Å². The molecule has 1 fully saturated rings. The van der Waals surface area contributed by atoms with E-state index in [4.69, 9.17) is 5.73 Å². The molecule has 0 spiro atoms. The molecule has 2 rings (SSSR count). The molecule has 0 bridgehead atoms. The molecule has 3 heteroatoms. The van der Waals surface area contributed by atoms with Crippen LogP contribution < -0.4 is 5.73 Å². The van der Waals surface area contributed by atoms with E-state index in [9.17, 15) is 4.79 Å². The second kappa shape index (κ2) is 3.93. The largest absolute Gasteiger partial charge is 0.398 e. The Morgan fingerprint density at radius 1 is 1.33 bits per heavy atom. The lowest BCUT2D eigenvalue weighted by Crippen LogP contribution is -2.29. The molecule has 0 aromatic heterocycles. The van der Waals surface area contributed by atoms with Gasteiger partial charge in [-0.2, -0.15) is 0 Å². The SMILES string of the molecule is Cc1cccc(N)c1C(=O)N1CCCC1. The Balaban J connectivity index is 2.32. The lowest BCUT2D eigenvalue weighted by molar-refractivity contribution is 0.0793. The summed E-state index contributed by atoms with van der Waals surface area (Å²) in [5.41, 5.74) is 8.08. The van der Waals surface area contributed by atoms with Crippen LogP contribution >= 0.6 is 0 Å². The first-order valence-corrected chi connectivity index (χ1v) is 5.34. The molecule has 0 aliphatic carbocycles. The number of hydrogen-bond acceptors (Lipinski definition) is 2. The second-order valence-electron chi connectivity index (χ2n) is 4.04. The van der Waals surface area contributed by atoms with Gasteiger partial charge in [0.1, 0.15) is 0 Å². The number of likely N-dealkylation sites (tertiary alicyclic amines) is 1. The van der Waals surface area contributed by atoms with Gasteiger partial charge in [0, 0.05) is 18.8 Å². The van der Waals surface area contributed by atoms with Gasteiger partial charge in [-0.05, 0) is 31.4 Å². The number of benzene rings is 1. The first-order valence-electron chi connectivity index (χ1n) is 5.34. The third kappa shape index (κ3) is 1.82. The van der Waals surface area contributed by atoms with E-state index in [0.717, 1.165) is 31.5 Å². The summed E-state index contributed by atoms with van der Waals surface area (Å²) in [7, 11) is 0. The summed E-state index contributed by atoms with van der Waals surface area (Å²) in [5, 5.41) is 0. The highest BCUT2D eigenvalue weighted by molar-refractivity contribution is 6.00. The van der Waals surface area contributed by atoms with E-state index in [0.29, 0.717) is 11.3 Å². The van der Waals surface area contributed by atoms with E-state index >= 15 is 0 Å². The highest BCUT2D eigenvalue weighted by Gasteiger charge is 2.22. The number of nitrogens with two attached hydrogens (primary N) is 1. The summed E-state index contributed by atoms with van der Waals surface area (Å²) in [4.78, 5) is 14.0. The Kier molecular flexibility index (Phi) is 2.62. The molecule has 0 radical (unpaired) electrons. The fourth-order valence-corrected chi connectivity index (χ4v) is 2.06. The summed E-state index contributed by atoms with van der Waals surface area (Å²) in [5.74, 6) is 0.0862. The van der Waals surface area contributed by atoms with E-state index in [-0.39, 0.29) is 5.91 Å². The minimum Gasteiger partial charge on any atom is -0.398 e. The standard InChI is InChI=1S/C12H16N2O/c1-9-5-4-6-10(13)11(9)12(15)14-7-2-3-8-14/h4-6H,2-3,7-8,13H2,1H3. The summed E-state index contributed by atoms with van der Waals surface area (Å²) in [6, 6.07) is 5.60. The van der Waals surface area contributed by atoms with Gasteiger partial charge in [-0.25, -0.2) is 0 Å². The van der Waals surface area contributed by atoms with Crippen molar-refractivity contribution in [1.82, 2.24) is 4.90 Å². The average molecular weight is 204 g/mol. The van der Waals surface area contributed by atoms with Crippen molar-refractivity contribution >= 4 is 11.6 Å². The molecule has 0 atom stereocenters. The molecular weight excluding hydrogens is 188 g/mol. The number of carbonyl (C=O) groups excluding carboxylic acids is 1. The van der Waals surface area contributed by atoms with Crippen LogP contribution in [-0.2, 0) is 0 Å². The van der Waals surface area contributed by atoms with Crippen molar-refractivity contribution < 1.29 is 4.79 Å². The van der Waals surface area contributed by atoms with Crippen molar-refractivity contribution in [2.75, 3.05) is 18.8 Å². The van der Waals surface area contributed by atoms with Crippen LogP contribution in [0, 0.1) is 6.92 Å². The highest BCUT2D eigenvalue weighted by atomic mass is 16.2. The predicted molar refractivity (Wildman–Crippen MR) is 60.7 cm³/mol. The van der Waals surface area contributed by atoms with Gasteiger partial charge in [-0.15, -0.1) is 0 Å². The maximum Gasteiger partial charge on any atom is 0.256 e. The Hall–Kier alpha value is -1.51. The quantitative estimate of drug-likeness (QED) is 0.709. The molecule has 1 aliphatic rings. The number of carbonyl (C=O) groups is 1. The maximum absolute atomic E-state index is 12.1. The number of amides is 1. The van der Waals surface area contributed by atoms with E-state index in [1.807, 2.05) is 24.0 Å². The van der Waals surface area contributed by atoms with E-state index in [2.05, 4.69) is 0 Å². The molecule has 1 aliphatic heterocycles. The van der Waals surface area contributed by atoms with Crippen molar-refractivity contribution in [3.8, 4) is 0 Å². The Labute approximate surface area is 89.9 Å². The molecule has 80 valence electrons. The first kappa shape index (κ1) is 10.0. The van der Waals surface area contributed by atoms with Gasteiger partial charge in [-0.1, -0.05) is 12.1 Å². The van der Waals surface area contributed by atoms with E-state index in [1.54, 1.807) is 6.07 Å². The molecule has 1 saturated heterocycles. The van der Waals surface area contributed by atoms with Crippen LogP contribution in [0.15, 0.2) is 18.2 Å². The third-order valence-electron chi connectivity index (χ3n) is 2.91. The van der Waals surface area contributed by atoms with Crippen molar-refractivity contribution in [3.63, 3.8) is 0 Å². The van der Waals surface area contributed by atoms with Crippen LogP contribution in [0.25, 0.3) is 0 Å². The number of aryl methyl sites for hydroxylation is 1. The first-order chi connectivity index (χ1) is 7.20. The summed E-state index contributed by atoms with van der Waals surface area (Å²) < 4.78 is 0. The third-order valence-corrected chi connectivity index (χ3v) is 2.91. The molecular formula is C12H16N2O. The molecule has 0 unspecified atom stereocenters. The molecule has 1 heterocycles. The molecule has 3 nitrogen and oxygen atoms in total. The van der Waals surface area contributed by atoms with Crippen molar-refractivity contribution in [2.45, 2.75) is 19.8 Å². The zero-order chi connectivity index (χ0) is 10.8.